The van der Waals surface area contributed by atoms with Crippen LogP contribution in [0.4, 0.5) is 0 Å². The molecule has 1 atom stereocenters. The summed E-state index contributed by atoms with van der Waals surface area (Å²) in [7, 11) is 1.80. The molecule has 0 aromatic carbocycles. The van der Waals surface area contributed by atoms with Crippen LogP contribution in [0, 0.1) is 0 Å². The first-order chi connectivity index (χ1) is 7.65. The number of nitrogens with two attached hydrogens (primary N) is 1. The van der Waals surface area contributed by atoms with Gasteiger partial charge in [0.15, 0.2) is 0 Å². The molecule has 6 heteroatoms. The molecular weight excluding hydrogens is 273 g/mol. The van der Waals surface area contributed by atoms with Gasteiger partial charge < -0.3 is 10.6 Å². The van der Waals surface area contributed by atoms with E-state index in [1.807, 2.05) is 19.1 Å². The molecule has 0 aliphatic carbocycles. The van der Waals surface area contributed by atoms with Gasteiger partial charge in [0.2, 0.25) is 5.91 Å². The van der Waals surface area contributed by atoms with Gasteiger partial charge in [-0.25, -0.2) is 0 Å². The summed E-state index contributed by atoms with van der Waals surface area (Å²) in [4.78, 5) is 17.4. The highest BCUT2D eigenvalue weighted by Gasteiger charge is 2.13. The van der Waals surface area contributed by atoms with Crippen LogP contribution in [0.1, 0.15) is 18.9 Å². The second-order valence-electron chi connectivity index (χ2n) is 3.94. The predicted molar refractivity (Wildman–Crippen MR) is 78.3 cm³/mol. The van der Waals surface area contributed by atoms with Crippen molar-refractivity contribution in [2.75, 3.05) is 13.6 Å². The van der Waals surface area contributed by atoms with Gasteiger partial charge in [-0.2, -0.15) is 0 Å². The Balaban J connectivity index is 0. The van der Waals surface area contributed by atoms with Crippen LogP contribution in [0.2, 0.25) is 0 Å². The summed E-state index contributed by atoms with van der Waals surface area (Å²) < 4.78 is 0. The first-order valence-corrected chi connectivity index (χ1v) is 5.49. The molecule has 0 saturated heterocycles. The Hall–Kier alpha value is -0.840. The molecule has 0 aliphatic heterocycles. The molecule has 1 heterocycles. The Kier molecular flexibility index (Phi) is 11.0. The summed E-state index contributed by atoms with van der Waals surface area (Å²) in [6.45, 7) is 2.45. The highest BCUT2D eigenvalue weighted by atomic mass is 35.5. The second-order valence-corrected chi connectivity index (χ2v) is 3.94. The minimum absolute atomic E-state index is 0. The molecule has 4 nitrogen and oxygen atoms in total. The van der Waals surface area contributed by atoms with E-state index >= 15 is 0 Å². The topological polar surface area (TPSA) is 59.2 Å². The maximum Gasteiger partial charge on any atom is 0.222 e. The fraction of sp³-hybridized carbons (Fsp3) is 0.500. The largest absolute Gasteiger partial charge is 0.342 e. The van der Waals surface area contributed by atoms with Crippen LogP contribution in [-0.2, 0) is 11.2 Å². The van der Waals surface area contributed by atoms with E-state index < -0.39 is 0 Å². The van der Waals surface area contributed by atoms with Crippen LogP contribution in [0.5, 0.6) is 0 Å². The summed E-state index contributed by atoms with van der Waals surface area (Å²) in [6, 6.07) is 3.96. The summed E-state index contributed by atoms with van der Waals surface area (Å²) in [5.74, 6) is 0.134. The summed E-state index contributed by atoms with van der Waals surface area (Å²) in [5.41, 5.74) is 6.65. The van der Waals surface area contributed by atoms with Crippen molar-refractivity contribution in [2.24, 2.45) is 5.73 Å². The smallest absolute Gasteiger partial charge is 0.222 e. The van der Waals surface area contributed by atoms with Gasteiger partial charge >= 0.3 is 0 Å². The first kappa shape index (κ1) is 19.5. The highest BCUT2D eigenvalue weighted by molar-refractivity contribution is 5.85. The lowest BCUT2D eigenvalue weighted by molar-refractivity contribution is -0.131. The molecule has 0 fully saturated rings. The van der Waals surface area contributed by atoms with Gasteiger partial charge in [-0.1, -0.05) is 0 Å². The minimum atomic E-state index is 0. The maximum absolute atomic E-state index is 11.8. The number of amides is 1. The molecule has 0 saturated carbocycles. The fourth-order valence-electron chi connectivity index (χ4n) is 1.38. The van der Waals surface area contributed by atoms with Crippen molar-refractivity contribution >= 4 is 30.7 Å². The van der Waals surface area contributed by atoms with Crippen molar-refractivity contribution in [3.63, 3.8) is 0 Å². The zero-order valence-corrected chi connectivity index (χ0v) is 12.3. The number of likely N-dealkylation sites (N-methyl/N-ethyl adjacent to an activating group) is 1. The third-order valence-electron chi connectivity index (χ3n) is 2.77. The van der Waals surface area contributed by atoms with Crippen LogP contribution in [0.3, 0.4) is 0 Å². The molecule has 1 aromatic rings. The van der Waals surface area contributed by atoms with Crippen molar-refractivity contribution in [2.45, 2.75) is 25.8 Å². The van der Waals surface area contributed by atoms with Gasteiger partial charge in [0.05, 0.1) is 0 Å². The van der Waals surface area contributed by atoms with Crippen LogP contribution in [0.15, 0.2) is 24.5 Å². The first-order valence-electron chi connectivity index (χ1n) is 5.49. The molecule has 1 amide bonds. The van der Waals surface area contributed by atoms with Gasteiger partial charge in [0, 0.05) is 38.4 Å². The standard InChI is InChI=1S/C12H19N3O.2ClH/c1-10(9-13)15(2)12(16)4-3-11-5-7-14-8-6-11;;/h5-8,10H,3-4,9,13H2,1-2H3;2*1H. The fourth-order valence-corrected chi connectivity index (χ4v) is 1.38. The Morgan fingerprint density at radius 2 is 1.94 bits per heavy atom. The number of hydrogen-bond acceptors (Lipinski definition) is 3. The van der Waals surface area contributed by atoms with Gasteiger partial charge in [-0.05, 0) is 31.0 Å². The molecule has 0 aliphatic rings. The summed E-state index contributed by atoms with van der Waals surface area (Å²) in [6.07, 6.45) is 4.76. The molecule has 0 spiro atoms. The summed E-state index contributed by atoms with van der Waals surface area (Å²) in [5, 5.41) is 0. The van der Waals surface area contributed by atoms with Crippen molar-refractivity contribution in [1.29, 1.82) is 0 Å². The van der Waals surface area contributed by atoms with E-state index in [-0.39, 0.29) is 36.8 Å². The van der Waals surface area contributed by atoms with Gasteiger partial charge in [-0.15, -0.1) is 24.8 Å². The molecule has 18 heavy (non-hydrogen) atoms. The Morgan fingerprint density at radius 3 is 2.44 bits per heavy atom. The number of rotatable bonds is 5. The lowest BCUT2D eigenvalue weighted by Gasteiger charge is -2.23. The van der Waals surface area contributed by atoms with Crippen LogP contribution in [-0.4, -0.2) is 35.4 Å². The zero-order chi connectivity index (χ0) is 12.0. The van der Waals surface area contributed by atoms with E-state index in [2.05, 4.69) is 4.98 Å². The van der Waals surface area contributed by atoms with E-state index in [1.54, 1.807) is 24.3 Å². The zero-order valence-electron chi connectivity index (χ0n) is 10.7. The molecule has 1 aromatic heterocycles. The normalized spacial score (nSPS) is 10.8. The average molecular weight is 294 g/mol. The van der Waals surface area contributed by atoms with E-state index in [9.17, 15) is 4.79 Å². The summed E-state index contributed by atoms with van der Waals surface area (Å²) >= 11 is 0. The van der Waals surface area contributed by atoms with Gasteiger partial charge in [-0.3, -0.25) is 9.78 Å². The van der Waals surface area contributed by atoms with E-state index in [0.29, 0.717) is 13.0 Å². The van der Waals surface area contributed by atoms with Crippen molar-refractivity contribution in [3.8, 4) is 0 Å². The van der Waals surface area contributed by atoms with E-state index in [1.165, 1.54) is 0 Å². The number of halogens is 2. The molecule has 0 radical (unpaired) electrons. The van der Waals surface area contributed by atoms with Crippen LogP contribution >= 0.6 is 24.8 Å². The van der Waals surface area contributed by atoms with Gasteiger partial charge in [0.1, 0.15) is 0 Å². The molecule has 1 rings (SSSR count). The number of aromatic nitrogens is 1. The Bertz CT molecular complexity index is 335. The predicted octanol–water partition coefficient (Wildman–Crippen LogP) is 1.66. The molecule has 0 bridgehead atoms. The monoisotopic (exact) mass is 293 g/mol. The highest BCUT2D eigenvalue weighted by Crippen LogP contribution is 2.04. The number of carbonyl (C=O) groups is 1. The van der Waals surface area contributed by atoms with Crippen molar-refractivity contribution in [3.05, 3.63) is 30.1 Å². The molecule has 104 valence electrons. The third-order valence-corrected chi connectivity index (χ3v) is 2.77. The Labute approximate surface area is 121 Å². The van der Waals surface area contributed by atoms with Gasteiger partial charge in [0.25, 0.3) is 0 Å². The quantitative estimate of drug-likeness (QED) is 0.898. The Morgan fingerprint density at radius 1 is 1.39 bits per heavy atom. The minimum Gasteiger partial charge on any atom is -0.342 e. The SMILES string of the molecule is CC(CN)N(C)C(=O)CCc1ccncc1.Cl.Cl. The average Bonchev–Trinajstić information content (AvgIpc) is 2.35. The number of nitrogens with zero attached hydrogens (tertiary/aromatic N) is 2. The number of pyridine rings is 1. The number of carbonyl (C=O) groups excluding carboxylic acids is 1. The maximum atomic E-state index is 11.8. The lowest BCUT2D eigenvalue weighted by atomic mass is 10.1. The third kappa shape index (κ3) is 6.19. The van der Waals surface area contributed by atoms with Crippen molar-refractivity contribution < 1.29 is 4.79 Å². The lowest BCUT2D eigenvalue weighted by Crippen LogP contribution is -2.39. The molecular formula is C12H21Cl2N3O. The molecule has 1 unspecified atom stereocenters. The van der Waals surface area contributed by atoms with Crippen LogP contribution in [0.25, 0.3) is 0 Å². The number of hydrogen-bond donors (Lipinski definition) is 1. The second kappa shape index (κ2) is 10.1. The van der Waals surface area contributed by atoms with Crippen molar-refractivity contribution in [1.82, 2.24) is 9.88 Å². The van der Waals surface area contributed by atoms with E-state index in [0.717, 1.165) is 12.0 Å². The van der Waals surface area contributed by atoms with Crippen LogP contribution < -0.4 is 5.73 Å². The molecule has 2 N–H and O–H groups in total. The van der Waals surface area contributed by atoms with E-state index in [4.69, 9.17) is 5.73 Å². The number of aryl methyl sites for hydroxylation is 1.